The Labute approximate surface area is 115 Å². The summed E-state index contributed by atoms with van der Waals surface area (Å²) in [5.41, 5.74) is 5.59. The largest absolute Gasteiger partial charge is 0.373 e. The molecule has 0 fully saturated rings. The second kappa shape index (κ2) is 6.85. The molecule has 1 heterocycles. The average molecular weight is 322 g/mol. The van der Waals surface area contributed by atoms with Crippen molar-refractivity contribution in [2.24, 2.45) is 5.73 Å². The molecule has 5 heteroatoms. The summed E-state index contributed by atoms with van der Waals surface area (Å²) >= 11 is 5.08. The Morgan fingerprint density at radius 1 is 1.41 bits per heavy atom. The lowest BCUT2D eigenvalue weighted by atomic mass is 10.2. The van der Waals surface area contributed by atoms with Crippen LogP contribution in [0, 0.1) is 0 Å². The van der Waals surface area contributed by atoms with Gasteiger partial charge in [-0.1, -0.05) is 0 Å². The monoisotopic (exact) mass is 321 g/mol. The first-order valence-electron chi connectivity index (χ1n) is 5.62. The molecule has 1 aromatic rings. The summed E-state index contributed by atoms with van der Waals surface area (Å²) in [7, 11) is 0. The van der Waals surface area contributed by atoms with Crippen molar-refractivity contribution in [2.45, 2.75) is 32.5 Å². The first-order valence-corrected chi connectivity index (χ1v) is 7.29. The van der Waals surface area contributed by atoms with Crippen molar-refractivity contribution in [1.82, 2.24) is 0 Å². The minimum Gasteiger partial charge on any atom is -0.373 e. The maximum atomic E-state index is 5.73. The van der Waals surface area contributed by atoms with Crippen molar-refractivity contribution < 1.29 is 9.47 Å². The van der Waals surface area contributed by atoms with E-state index in [-0.39, 0.29) is 11.7 Å². The van der Waals surface area contributed by atoms with Gasteiger partial charge in [-0.15, -0.1) is 11.3 Å². The molecule has 0 bridgehead atoms. The zero-order valence-electron chi connectivity index (χ0n) is 10.5. The zero-order chi connectivity index (χ0) is 12.9. The molecule has 0 aliphatic rings. The summed E-state index contributed by atoms with van der Waals surface area (Å²) < 4.78 is 12.4. The number of nitrogens with two attached hydrogens (primary N) is 1. The second-order valence-corrected chi connectivity index (χ2v) is 6.58. The molecule has 0 saturated heterocycles. The van der Waals surface area contributed by atoms with E-state index in [4.69, 9.17) is 15.2 Å². The number of thiophene rings is 1. The van der Waals surface area contributed by atoms with Gasteiger partial charge in [-0.2, -0.15) is 0 Å². The number of hydrogen-bond donors (Lipinski definition) is 1. The fourth-order valence-electron chi connectivity index (χ4n) is 1.30. The lowest BCUT2D eigenvalue weighted by Gasteiger charge is -2.21. The maximum Gasteiger partial charge on any atom is 0.104 e. The van der Waals surface area contributed by atoms with Crippen molar-refractivity contribution in [3.8, 4) is 0 Å². The van der Waals surface area contributed by atoms with Gasteiger partial charge in [-0.25, -0.2) is 0 Å². The molecular weight excluding hydrogens is 302 g/mol. The smallest absolute Gasteiger partial charge is 0.104 e. The number of rotatable bonds is 6. The van der Waals surface area contributed by atoms with Crippen LogP contribution in [0.15, 0.2) is 15.9 Å². The van der Waals surface area contributed by atoms with Crippen LogP contribution in [0.5, 0.6) is 0 Å². The lowest BCUT2D eigenvalue weighted by Crippen LogP contribution is -2.23. The molecule has 0 saturated carbocycles. The minimum atomic E-state index is -0.118. The summed E-state index contributed by atoms with van der Waals surface area (Å²) in [6.07, 6.45) is -0.0325. The van der Waals surface area contributed by atoms with Crippen molar-refractivity contribution in [2.75, 3.05) is 19.8 Å². The highest BCUT2D eigenvalue weighted by atomic mass is 79.9. The molecule has 2 N–H and O–H groups in total. The fraction of sp³-hybridized carbons (Fsp3) is 0.667. The predicted octanol–water partition coefficient (Wildman–Crippen LogP) is 3.34. The van der Waals surface area contributed by atoms with Gasteiger partial charge < -0.3 is 15.2 Å². The van der Waals surface area contributed by atoms with Crippen LogP contribution in [0.4, 0.5) is 0 Å². The molecule has 0 spiro atoms. The quantitative estimate of drug-likeness (QED) is 0.817. The van der Waals surface area contributed by atoms with Crippen LogP contribution in [0.2, 0.25) is 0 Å². The number of hydrogen-bond acceptors (Lipinski definition) is 4. The van der Waals surface area contributed by atoms with E-state index in [9.17, 15) is 0 Å². The van der Waals surface area contributed by atoms with Gasteiger partial charge in [0.15, 0.2) is 0 Å². The normalized spacial score (nSPS) is 13.9. The Kier molecular flexibility index (Phi) is 6.09. The van der Waals surface area contributed by atoms with Crippen LogP contribution in [-0.4, -0.2) is 25.4 Å². The molecule has 1 aromatic heterocycles. The van der Waals surface area contributed by atoms with Crippen LogP contribution in [0.25, 0.3) is 0 Å². The van der Waals surface area contributed by atoms with Gasteiger partial charge >= 0.3 is 0 Å². The van der Waals surface area contributed by atoms with Gasteiger partial charge in [0.25, 0.3) is 0 Å². The standard InChI is InChI=1S/C12H20BrNO2S/c1-12(2,3)16-5-4-15-10(7-14)11-6-9(13)8-17-11/h6,8,10H,4-5,7,14H2,1-3H3. The van der Waals surface area contributed by atoms with Gasteiger partial charge in [0.2, 0.25) is 0 Å². The van der Waals surface area contributed by atoms with Crippen molar-refractivity contribution in [1.29, 1.82) is 0 Å². The van der Waals surface area contributed by atoms with E-state index < -0.39 is 0 Å². The summed E-state index contributed by atoms with van der Waals surface area (Å²) in [4.78, 5) is 1.15. The molecule has 1 unspecified atom stereocenters. The SMILES string of the molecule is CC(C)(C)OCCOC(CN)c1cc(Br)cs1. The summed E-state index contributed by atoms with van der Waals surface area (Å²) in [5.74, 6) is 0. The molecule has 3 nitrogen and oxygen atoms in total. The average Bonchev–Trinajstić information content (AvgIpc) is 2.63. The van der Waals surface area contributed by atoms with Crippen LogP contribution in [0.1, 0.15) is 31.8 Å². The first kappa shape index (κ1) is 15.1. The van der Waals surface area contributed by atoms with Gasteiger partial charge in [0.05, 0.1) is 18.8 Å². The van der Waals surface area contributed by atoms with Crippen LogP contribution in [0.3, 0.4) is 0 Å². The highest BCUT2D eigenvalue weighted by molar-refractivity contribution is 9.10. The molecule has 17 heavy (non-hydrogen) atoms. The van der Waals surface area contributed by atoms with E-state index in [0.717, 1.165) is 9.35 Å². The topological polar surface area (TPSA) is 44.5 Å². The molecule has 0 aliphatic carbocycles. The Balaban J connectivity index is 2.33. The van der Waals surface area contributed by atoms with Crippen molar-refractivity contribution >= 4 is 27.3 Å². The van der Waals surface area contributed by atoms with Crippen molar-refractivity contribution in [3.05, 3.63) is 20.8 Å². The van der Waals surface area contributed by atoms with Gasteiger partial charge in [0.1, 0.15) is 6.10 Å². The minimum absolute atomic E-state index is 0.0325. The second-order valence-electron chi connectivity index (χ2n) is 4.72. The van der Waals surface area contributed by atoms with E-state index in [1.54, 1.807) is 11.3 Å². The molecular formula is C12H20BrNO2S. The Morgan fingerprint density at radius 2 is 2.12 bits per heavy atom. The molecule has 0 radical (unpaired) electrons. The molecule has 0 aromatic carbocycles. The summed E-state index contributed by atoms with van der Waals surface area (Å²) in [6.45, 7) is 7.74. The van der Waals surface area contributed by atoms with Crippen LogP contribution >= 0.6 is 27.3 Å². The van der Waals surface area contributed by atoms with E-state index in [2.05, 4.69) is 15.9 Å². The van der Waals surface area contributed by atoms with Gasteiger partial charge in [0, 0.05) is 21.3 Å². The summed E-state index contributed by atoms with van der Waals surface area (Å²) in [6, 6.07) is 2.05. The first-order chi connectivity index (χ1) is 7.92. The highest BCUT2D eigenvalue weighted by Gasteiger charge is 2.14. The van der Waals surface area contributed by atoms with E-state index >= 15 is 0 Å². The molecule has 98 valence electrons. The third-order valence-electron chi connectivity index (χ3n) is 2.06. The lowest BCUT2D eigenvalue weighted by molar-refractivity contribution is -0.0500. The van der Waals surface area contributed by atoms with Crippen LogP contribution < -0.4 is 5.73 Å². The molecule has 1 atom stereocenters. The Morgan fingerprint density at radius 3 is 2.59 bits per heavy atom. The Bertz CT molecular complexity index is 335. The zero-order valence-corrected chi connectivity index (χ0v) is 12.9. The molecule has 1 rings (SSSR count). The Hall–Kier alpha value is 0.0600. The number of halogens is 1. The molecule has 0 amide bonds. The summed E-state index contributed by atoms with van der Waals surface area (Å²) in [5, 5.41) is 2.03. The van der Waals surface area contributed by atoms with Gasteiger partial charge in [-0.3, -0.25) is 0 Å². The maximum absolute atomic E-state index is 5.73. The van der Waals surface area contributed by atoms with Gasteiger partial charge in [-0.05, 0) is 42.8 Å². The van der Waals surface area contributed by atoms with Crippen LogP contribution in [-0.2, 0) is 9.47 Å². The fourth-order valence-corrected chi connectivity index (χ4v) is 2.81. The molecule has 0 aliphatic heterocycles. The third-order valence-corrected chi connectivity index (χ3v) is 3.84. The van der Waals surface area contributed by atoms with E-state index in [1.165, 1.54) is 0 Å². The van der Waals surface area contributed by atoms with Crippen molar-refractivity contribution in [3.63, 3.8) is 0 Å². The number of ether oxygens (including phenoxy) is 2. The predicted molar refractivity (Wildman–Crippen MR) is 75.5 cm³/mol. The highest BCUT2D eigenvalue weighted by Crippen LogP contribution is 2.27. The third kappa shape index (κ3) is 5.97. The van der Waals surface area contributed by atoms with E-state index in [0.29, 0.717) is 19.8 Å². The van der Waals surface area contributed by atoms with E-state index in [1.807, 2.05) is 32.2 Å².